The Hall–Kier alpha value is -2.05. The van der Waals surface area contributed by atoms with Crippen molar-refractivity contribution in [2.24, 2.45) is 7.05 Å². The van der Waals surface area contributed by atoms with Gasteiger partial charge in [-0.25, -0.2) is 4.79 Å². The van der Waals surface area contributed by atoms with Crippen LogP contribution in [0.4, 0.5) is 4.79 Å². The van der Waals surface area contributed by atoms with Gasteiger partial charge in [0.15, 0.2) is 0 Å². The van der Waals surface area contributed by atoms with Crippen LogP contribution in [0.1, 0.15) is 50.1 Å². The van der Waals surface area contributed by atoms with Crippen molar-refractivity contribution in [3.63, 3.8) is 0 Å². The molecule has 1 aromatic rings. The fraction of sp³-hybridized carbons (Fsp3) is 0.688. The third-order valence-corrected chi connectivity index (χ3v) is 5.09. The van der Waals surface area contributed by atoms with Crippen LogP contribution in [0.2, 0.25) is 0 Å². The van der Waals surface area contributed by atoms with Crippen LogP contribution in [0, 0.1) is 0 Å². The molecule has 2 unspecified atom stereocenters. The molecule has 2 amide bonds. The van der Waals surface area contributed by atoms with Crippen LogP contribution in [0.5, 0.6) is 0 Å². The summed E-state index contributed by atoms with van der Waals surface area (Å²) >= 11 is 0. The number of aliphatic carboxylic acids is 1. The Kier molecular flexibility index (Phi) is 4.54. The molecule has 0 radical (unpaired) electrons. The van der Waals surface area contributed by atoms with Crippen molar-refractivity contribution in [2.45, 2.75) is 56.5 Å². The summed E-state index contributed by atoms with van der Waals surface area (Å²) in [6.07, 6.45) is 6.48. The average molecular weight is 320 g/mol. The first-order chi connectivity index (χ1) is 11.1. The van der Waals surface area contributed by atoms with Crippen molar-refractivity contribution in [2.75, 3.05) is 6.54 Å². The summed E-state index contributed by atoms with van der Waals surface area (Å²) in [5.41, 5.74) is 1.25. The van der Waals surface area contributed by atoms with Crippen molar-refractivity contribution in [3.05, 3.63) is 18.0 Å². The normalized spacial score (nSPS) is 26.3. The maximum absolute atomic E-state index is 12.4. The molecule has 2 saturated heterocycles. The number of urea groups is 1. The second-order valence-corrected chi connectivity index (χ2v) is 6.57. The van der Waals surface area contributed by atoms with Crippen molar-refractivity contribution >= 4 is 12.0 Å². The summed E-state index contributed by atoms with van der Waals surface area (Å²) in [4.78, 5) is 24.9. The van der Waals surface area contributed by atoms with Gasteiger partial charge in [-0.05, 0) is 38.2 Å². The van der Waals surface area contributed by atoms with E-state index >= 15 is 0 Å². The molecule has 2 aliphatic rings. The largest absolute Gasteiger partial charge is 0.481 e. The van der Waals surface area contributed by atoms with E-state index in [-0.39, 0.29) is 24.5 Å². The minimum Gasteiger partial charge on any atom is -0.481 e. The second-order valence-electron chi connectivity index (χ2n) is 6.57. The van der Waals surface area contributed by atoms with Gasteiger partial charge in [0.25, 0.3) is 0 Å². The van der Waals surface area contributed by atoms with E-state index < -0.39 is 5.97 Å². The third kappa shape index (κ3) is 3.33. The zero-order valence-corrected chi connectivity index (χ0v) is 13.4. The van der Waals surface area contributed by atoms with Gasteiger partial charge < -0.3 is 15.3 Å². The van der Waals surface area contributed by atoms with E-state index in [1.807, 2.05) is 22.8 Å². The molecule has 0 aromatic carbocycles. The first kappa shape index (κ1) is 15.8. The first-order valence-corrected chi connectivity index (χ1v) is 8.32. The number of carbonyl (C=O) groups excluding carboxylic acids is 1. The van der Waals surface area contributed by atoms with Gasteiger partial charge in [-0.1, -0.05) is 0 Å². The van der Waals surface area contributed by atoms with E-state index in [2.05, 4.69) is 16.5 Å². The quantitative estimate of drug-likeness (QED) is 0.809. The van der Waals surface area contributed by atoms with Crippen LogP contribution >= 0.6 is 0 Å². The molecule has 2 bridgehead atoms. The average Bonchev–Trinajstić information content (AvgIpc) is 3.04. The number of piperidine rings is 1. The van der Waals surface area contributed by atoms with E-state index in [0.29, 0.717) is 18.9 Å². The second kappa shape index (κ2) is 6.60. The fourth-order valence-corrected chi connectivity index (χ4v) is 4.06. The molecule has 3 rings (SSSR count). The smallest absolute Gasteiger partial charge is 0.317 e. The minimum absolute atomic E-state index is 0.0358. The van der Waals surface area contributed by atoms with Crippen molar-refractivity contribution in [1.29, 1.82) is 0 Å². The Morgan fingerprint density at radius 1 is 1.35 bits per heavy atom. The summed E-state index contributed by atoms with van der Waals surface area (Å²) in [7, 11) is 1.97. The van der Waals surface area contributed by atoms with Gasteiger partial charge in [-0.15, -0.1) is 0 Å². The summed E-state index contributed by atoms with van der Waals surface area (Å²) in [5.74, 6) is -0.354. The Bertz CT molecular complexity index is 572. The predicted octanol–water partition coefficient (Wildman–Crippen LogP) is 1.70. The number of nitrogens with one attached hydrogen (secondary N) is 1. The maximum atomic E-state index is 12.4. The van der Waals surface area contributed by atoms with Crippen LogP contribution in [0.25, 0.3) is 0 Å². The highest BCUT2D eigenvalue weighted by Gasteiger charge is 2.44. The lowest BCUT2D eigenvalue weighted by Gasteiger charge is -2.39. The summed E-state index contributed by atoms with van der Waals surface area (Å²) in [5, 5.41) is 15.8. The van der Waals surface area contributed by atoms with Gasteiger partial charge in [0.2, 0.25) is 0 Å². The molecular weight excluding hydrogens is 296 g/mol. The molecule has 2 atom stereocenters. The molecule has 0 saturated carbocycles. The molecule has 2 N–H and O–H groups in total. The standard InChI is InChI=1S/C16H24N4O3/c1-19-14(6-8-18-19)11-9-12-4-5-13(10-11)20(12)16(23)17-7-2-3-15(21)22/h6,8,11-13H,2-5,7,9-10H2,1H3,(H,17,23)(H,21,22). The van der Waals surface area contributed by atoms with Gasteiger partial charge >= 0.3 is 12.0 Å². The number of hydrogen-bond donors (Lipinski definition) is 2. The van der Waals surface area contributed by atoms with Crippen LogP contribution in [0.15, 0.2) is 12.3 Å². The van der Waals surface area contributed by atoms with E-state index in [1.165, 1.54) is 5.69 Å². The zero-order valence-electron chi connectivity index (χ0n) is 13.4. The summed E-state index contributed by atoms with van der Waals surface area (Å²) < 4.78 is 1.94. The minimum atomic E-state index is -0.823. The first-order valence-electron chi connectivity index (χ1n) is 8.32. The number of fused-ring (bicyclic) bond motifs is 2. The molecule has 23 heavy (non-hydrogen) atoms. The highest BCUT2D eigenvalue weighted by molar-refractivity contribution is 5.75. The van der Waals surface area contributed by atoms with Crippen molar-refractivity contribution in [1.82, 2.24) is 20.0 Å². The number of carboxylic acid groups (broad SMARTS) is 1. The number of aryl methyl sites for hydroxylation is 1. The van der Waals surface area contributed by atoms with E-state index in [4.69, 9.17) is 5.11 Å². The number of nitrogens with zero attached hydrogens (tertiary/aromatic N) is 3. The van der Waals surface area contributed by atoms with Gasteiger partial charge in [0, 0.05) is 49.9 Å². The number of amides is 2. The molecule has 7 heteroatoms. The van der Waals surface area contributed by atoms with Crippen LogP contribution in [-0.4, -0.2) is 50.4 Å². The van der Waals surface area contributed by atoms with Crippen LogP contribution in [-0.2, 0) is 11.8 Å². The van der Waals surface area contributed by atoms with E-state index in [9.17, 15) is 9.59 Å². The molecule has 7 nitrogen and oxygen atoms in total. The SMILES string of the molecule is Cn1nccc1C1CC2CCC(C1)N2C(=O)NCCCC(=O)O. The van der Waals surface area contributed by atoms with Gasteiger partial charge in [-0.2, -0.15) is 5.10 Å². The van der Waals surface area contributed by atoms with E-state index in [1.54, 1.807) is 0 Å². The highest BCUT2D eigenvalue weighted by Crippen LogP contribution is 2.42. The molecule has 126 valence electrons. The lowest BCUT2D eigenvalue weighted by molar-refractivity contribution is -0.137. The number of hydrogen-bond acceptors (Lipinski definition) is 3. The Labute approximate surface area is 135 Å². The number of aromatic nitrogens is 2. The van der Waals surface area contributed by atoms with Crippen LogP contribution in [0.3, 0.4) is 0 Å². The van der Waals surface area contributed by atoms with Crippen molar-refractivity contribution in [3.8, 4) is 0 Å². The lowest BCUT2D eigenvalue weighted by atomic mass is 9.88. The monoisotopic (exact) mass is 320 g/mol. The van der Waals surface area contributed by atoms with Crippen LogP contribution < -0.4 is 5.32 Å². The molecule has 2 fully saturated rings. The lowest BCUT2D eigenvalue weighted by Crippen LogP contribution is -2.50. The topological polar surface area (TPSA) is 87.5 Å². The fourth-order valence-electron chi connectivity index (χ4n) is 4.06. The number of rotatable bonds is 5. The number of carbonyl (C=O) groups is 2. The van der Waals surface area contributed by atoms with E-state index in [0.717, 1.165) is 25.7 Å². The molecule has 3 heterocycles. The molecule has 2 aliphatic heterocycles. The highest BCUT2D eigenvalue weighted by atomic mass is 16.4. The number of carboxylic acids is 1. The summed E-state index contributed by atoms with van der Waals surface area (Å²) in [6.45, 7) is 0.423. The Balaban J connectivity index is 1.56. The predicted molar refractivity (Wildman–Crippen MR) is 84.1 cm³/mol. The molecular formula is C16H24N4O3. The van der Waals surface area contributed by atoms with Gasteiger partial charge in [0.1, 0.15) is 0 Å². The maximum Gasteiger partial charge on any atom is 0.317 e. The third-order valence-electron chi connectivity index (χ3n) is 5.09. The Morgan fingerprint density at radius 2 is 2.04 bits per heavy atom. The van der Waals surface area contributed by atoms with Gasteiger partial charge in [0.05, 0.1) is 0 Å². The molecule has 0 spiro atoms. The van der Waals surface area contributed by atoms with Gasteiger partial charge in [-0.3, -0.25) is 9.48 Å². The summed E-state index contributed by atoms with van der Waals surface area (Å²) in [6, 6.07) is 2.61. The molecule has 0 aliphatic carbocycles. The Morgan fingerprint density at radius 3 is 2.61 bits per heavy atom. The van der Waals surface area contributed by atoms with Crippen molar-refractivity contribution < 1.29 is 14.7 Å². The zero-order chi connectivity index (χ0) is 16.4. The molecule has 1 aromatic heterocycles.